The van der Waals surface area contributed by atoms with E-state index in [4.69, 9.17) is 20.8 Å². The lowest BCUT2D eigenvalue weighted by molar-refractivity contribution is 0.185. The summed E-state index contributed by atoms with van der Waals surface area (Å²) in [6, 6.07) is 7.56. The van der Waals surface area contributed by atoms with Crippen LogP contribution in [-0.4, -0.2) is 33.5 Å². The first-order chi connectivity index (χ1) is 12.1. The predicted molar refractivity (Wildman–Crippen MR) is 97.9 cm³/mol. The van der Waals surface area contributed by atoms with E-state index < -0.39 is 0 Å². The molecule has 0 N–H and O–H groups in total. The SMILES string of the molecule is COCCn1c(SCc2nc(C)c(C)o2)nnc1-c1ccc(Cl)cc1. The molecule has 8 heteroatoms. The summed E-state index contributed by atoms with van der Waals surface area (Å²) in [6.07, 6.45) is 0. The molecule has 0 atom stereocenters. The molecule has 0 bridgehead atoms. The molecule has 25 heavy (non-hydrogen) atoms. The van der Waals surface area contributed by atoms with Gasteiger partial charge in [0.25, 0.3) is 0 Å². The molecule has 3 aromatic rings. The molecule has 0 radical (unpaired) electrons. The van der Waals surface area contributed by atoms with E-state index in [-0.39, 0.29) is 0 Å². The number of aromatic nitrogens is 4. The number of halogens is 1. The number of hydrogen-bond donors (Lipinski definition) is 0. The van der Waals surface area contributed by atoms with Gasteiger partial charge in [-0.3, -0.25) is 4.57 Å². The van der Waals surface area contributed by atoms with Gasteiger partial charge in [0.2, 0.25) is 5.89 Å². The predicted octanol–water partition coefficient (Wildman–Crippen LogP) is 4.14. The summed E-state index contributed by atoms with van der Waals surface area (Å²) >= 11 is 7.52. The van der Waals surface area contributed by atoms with E-state index in [9.17, 15) is 0 Å². The summed E-state index contributed by atoms with van der Waals surface area (Å²) in [5.74, 6) is 2.92. The van der Waals surface area contributed by atoms with Crippen molar-refractivity contribution in [3.8, 4) is 11.4 Å². The van der Waals surface area contributed by atoms with Gasteiger partial charge in [0.1, 0.15) is 5.76 Å². The zero-order valence-corrected chi connectivity index (χ0v) is 15.9. The lowest BCUT2D eigenvalue weighted by Crippen LogP contribution is -2.07. The molecule has 0 fully saturated rings. The molecule has 132 valence electrons. The molecular weight excluding hydrogens is 360 g/mol. The van der Waals surface area contributed by atoms with E-state index in [1.165, 1.54) is 0 Å². The maximum absolute atomic E-state index is 5.98. The van der Waals surface area contributed by atoms with Crippen molar-refractivity contribution in [1.82, 2.24) is 19.7 Å². The van der Waals surface area contributed by atoms with E-state index in [0.29, 0.717) is 29.8 Å². The molecule has 0 aliphatic heterocycles. The first-order valence-electron chi connectivity index (χ1n) is 7.82. The number of rotatable bonds is 7. The number of benzene rings is 1. The van der Waals surface area contributed by atoms with Crippen LogP contribution in [0.4, 0.5) is 0 Å². The minimum absolute atomic E-state index is 0.573. The highest BCUT2D eigenvalue weighted by Gasteiger charge is 2.16. The zero-order chi connectivity index (χ0) is 17.8. The maximum Gasteiger partial charge on any atom is 0.205 e. The van der Waals surface area contributed by atoms with Gasteiger partial charge in [-0.1, -0.05) is 23.4 Å². The molecule has 0 amide bonds. The van der Waals surface area contributed by atoms with E-state index >= 15 is 0 Å². The van der Waals surface area contributed by atoms with Crippen molar-refractivity contribution in [2.45, 2.75) is 31.3 Å². The van der Waals surface area contributed by atoms with Crippen LogP contribution in [0.2, 0.25) is 5.02 Å². The summed E-state index contributed by atoms with van der Waals surface area (Å²) in [5, 5.41) is 10.2. The van der Waals surface area contributed by atoms with Crippen LogP contribution in [0.5, 0.6) is 0 Å². The second kappa shape index (κ2) is 8.03. The van der Waals surface area contributed by atoms with Gasteiger partial charge in [0, 0.05) is 17.7 Å². The maximum atomic E-state index is 5.98. The van der Waals surface area contributed by atoms with Crippen LogP contribution in [0, 0.1) is 13.8 Å². The molecule has 3 rings (SSSR count). The molecule has 2 aromatic heterocycles. The summed E-state index contributed by atoms with van der Waals surface area (Å²) in [6.45, 7) is 5.08. The summed E-state index contributed by atoms with van der Waals surface area (Å²) in [7, 11) is 1.68. The van der Waals surface area contributed by atoms with Gasteiger partial charge in [-0.25, -0.2) is 4.98 Å². The summed E-state index contributed by atoms with van der Waals surface area (Å²) in [4.78, 5) is 4.41. The Morgan fingerprint density at radius 1 is 1.20 bits per heavy atom. The normalized spacial score (nSPS) is 11.2. The number of thioether (sulfide) groups is 1. The van der Waals surface area contributed by atoms with Gasteiger partial charge in [0.15, 0.2) is 11.0 Å². The lowest BCUT2D eigenvalue weighted by atomic mass is 10.2. The molecule has 0 spiro atoms. The highest BCUT2D eigenvalue weighted by atomic mass is 35.5. The minimum atomic E-state index is 0.573. The van der Waals surface area contributed by atoms with E-state index in [2.05, 4.69) is 15.2 Å². The van der Waals surface area contributed by atoms with Crippen LogP contribution < -0.4 is 0 Å². The number of nitrogens with zero attached hydrogens (tertiary/aromatic N) is 4. The molecule has 0 aliphatic rings. The number of oxazole rings is 1. The monoisotopic (exact) mass is 378 g/mol. The van der Waals surface area contributed by atoms with Crippen LogP contribution in [0.25, 0.3) is 11.4 Å². The average Bonchev–Trinajstić information content (AvgIpc) is 3.15. The fourth-order valence-corrected chi connectivity index (χ4v) is 3.25. The van der Waals surface area contributed by atoms with Crippen molar-refractivity contribution in [2.24, 2.45) is 0 Å². The summed E-state index contributed by atoms with van der Waals surface area (Å²) in [5.41, 5.74) is 1.88. The lowest BCUT2D eigenvalue weighted by Gasteiger charge is -2.09. The third-order valence-electron chi connectivity index (χ3n) is 3.74. The Morgan fingerprint density at radius 2 is 1.96 bits per heavy atom. The van der Waals surface area contributed by atoms with E-state index in [0.717, 1.165) is 28.0 Å². The first-order valence-corrected chi connectivity index (χ1v) is 9.18. The van der Waals surface area contributed by atoms with Crippen molar-refractivity contribution in [2.75, 3.05) is 13.7 Å². The quantitative estimate of drug-likeness (QED) is 0.575. The second-order valence-corrected chi connectivity index (χ2v) is 6.87. The Labute approximate surface area is 155 Å². The Bertz CT molecular complexity index is 825. The summed E-state index contributed by atoms with van der Waals surface area (Å²) < 4.78 is 12.9. The van der Waals surface area contributed by atoms with Crippen molar-refractivity contribution in [3.05, 3.63) is 46.6 Å². The fourth-order valence-electron chi connectivity index (χ4n) is 2.32. The molecule has 0 aliphatic carbocycles. The Kier molecular flexibility index (Phi) is 5.78. The third-order valence-corrected chi connectivity index (χ3v) is 4.94. The van der Waals surface area contributed by atoms with Crippen molar-refractivity contribution < 1.29 is 9.15 Å². The minimum Gasteiger partial charge on any atom is -0.445 e. The molecule has 2 heterocycles. The van der Waals surface area contributed by atoms with Crippen molar-refractivity contribution >= 4 is 23.4 Å². The van der Waals surface area contributed by atoms with Gasteiger partial charge in [-0.05, 0) is 38.1 Å². The second-order valence-electron chi connectivity index (χ2n) is 5.50. The molecule has 0 unspecified atom stereocenters. The molecular formula is C17H19ClN4O2S. The standard InChI is InChI=1S/C17H19ClN4O2S/c1-11-12(2)24-15(19-11)10-25-17-21-20-16(22(17)8-9-23-3)13-4-6-14(18)7-5-13/h4-7H,8-10H2,1-3H3. The number of ether oxygens (including phenoxy) is 1. The van der Waals surface area contributed by atoms with Gasteiger partial charge in [-0.2, -0.15) is 0 Å². The van der Waals surface area contributed by atoms with Gasteiger partial charge < -0.3 is 9.15 Å². The van der Waals surface area contributed by atoms with Crippen molar-refractivity contribution in [3.63, 3.8) is 0 Å². The molecule has 6 nitrogen and oxygen atoms in total. The average molecular weight is 379 g/mol. The van der Waals surface area contributed by atoms with Crippen LogP contribution in [-0.2, 0) is 17.0 Å². The Balaban J connectivity index is 1.84. The van der Waals surface area contributed by atoms with E-state index in [1.54, 1.807) is 18.9 Å². The zero-order valence-electron chi connectivity index (χ0n) is 14.3. The van der Waals surface area contributed by atoms with Gasteiger partial charge in [-0.15, -0.1) is 10.2 Å². The fraction of sp³-hybridized carbons (Fsp3) is 0.353. The van der Waals surface area contributed by atoms with E-state index in [1.807, 2.05) is 42.7 Å². The van der Waals surface area contributed by atoms with Gasteiger partial charge >= 0.3 is 0 Å². The highest BCUT2D eigenvalue weighted by Crippen LogP contribution is 2.27. The largest absolute Gasteiger partial charge is 0.445 e. The van der Waals surface area contributed by atoms with Crippen LogP contribution in [0.1, 0.15) is 17.3 Å². The molecule has 0 saturated carbocycles. The van der Waals surface area contributed by atoms with Crippen molar-refractivity contribution in [1.29, 1.82) is 0 Å². The smallest absolute Gasteiger partial charge is 0.205 e. The van der Waals surface area contributed by atoms with Crippen LogP contribution in [0.3, 0.4) is 0 Å². The Morgan fingerprint density at radius 3 is 2.60 bits per heavy atom. The number of aryl methyl sites for hydroxylation is 2. The van der Waals surface area contributed by atoms with Gasteiger partial charge in [0.05, 0.1) is 24.6 Å². The Hall–Kier alpha value is -1.83. The third kappa shape index (κ3) is 4.23. The molecule has 0 saturated heterocycles. The number of methoxy groups -OCH3 is 1. The molecule has 1 aromatic carbocycles. The highest BCUT2D eigenvalue weighted by molar-refractivity contribution is 7.98. The first kappa shape index (κ1) is 18.0. The van der Waals surface area contributed by atoms with Crippen LogP contribution in [0.15, 0.2) is 33.8 Å². The topological polar surface area (TPSA) is 66.0 Å². The van der Waals surface area contributed by atoms with Crippen LogP contribution >= 0.6 is 23.4 Å². The number of hydrogen-bond acceptors (Lipinski definition) is 6.